The van der Waals surface area contributed by atoms with Crippen LogP contribution in [-0.4, -0.2) is 67.5 Å². The molecule has 45 heavy (non-hydrogen) atoms. The van der Waals surface area contributed by atoms with Crippen LogP contribution in [0.5, 0.6) is 11.6 Å². The van der Waals surface area contributed by atoms with E-state index >= 15 is 0 Å². The molecule has 0 bridgehead atoms. The number of sulfonamides is 1. The van der Waals surface area contributed by atoms with Gasteiger partial charge in [-0.2, -0.15) is 0 Å². The molecule has 242 valence electrons. The van der Waals surface area contributed by atoms with Crippen molar-refractivity contribution in [1.82, 2.24) is 14.6 Å². The monoisotopic (exact) mass is 637 g/mol. The lowest BCUT2D eigenvalue weighted by molar-refractivity contribution is -0.140. The van der Waals surface area contributed by atoms with E-state index in [4.69, 9.17) is 9.47 Å². The minimum absolute atomic E-state index is 0.0975. The fourth-order valence-corrected chi connectivity index (χ4v) is 8.47. The Morgan fingerprint density at radius 2 is 1.93 bits per heavy atom. The van der Waals surface area contributed by atoms with E-state index in [1.807, 2.05) is 44.2 Å². The first kappa shape index (κ1) is 31.5. The van der Waals surface area contributed by atoms with Gasteiger partial charge in [0.2, 0.25) is 27.7 Å². The number of nitrogens with one attached hydrogen (secondary N) is 1. The zero-order valence-electron chi connectivity index (χ0n) is 26.3. The molecule has 6 rings (SSSR count). The number of hydrogen-bond donors (Lipinski definition) is 1. The first-order chi connectivity index (χ1) is 21.5. The van der Waals surface area contributed by atoms with Gasteiger partial charge >= 0.3 is 0 Å². The number of ketones is 1. The number of fused-ring (bicyclic) bond motifs is 3. The molecular weight excluding hydrogens is 594 g/mol. The van der Waals surface area contributed by atoms with Gasteiger partial charge in [-0.1, -0.05) is 24.3 Å². The van der Waals surface area contributed by atoms with Crippen LogP contribution < -0.4 is 14.2 Å². The predicted octanol–water partition coefficient (Wildman–Crippen LogP) is 4.49. The van der Waals surface area contributed by atoms with E-state index in [2.05, 4.69) is 9.71 Å². The number of ether oxygens (including phenoxy) is 2. The van der Waals surface area contributed by atoms with E-state index in [0.29, 0.717) is 56.9 Å². The van der Waals surface area contributed by atoms with Gasteiger partial charge in [-0.05, 0) is 82.8 Å². The molecule has 0 unspecified atom stereocenters. The SMILES string of the molecule is CCOc1cc(O[C@@H]2C[C@H]3C(=O)C[C@]4(C(=O)NS(=O)(=O)C5CC5)C[C@H]4/C=C\CCCCN(C)C(=O)[C@@H]3C2)c2cccc(C)c2n1. The van der Waals surface area contributed by atoms with Crippen LogP contribution >= 0.6 is 0 Å². The number of carbonyl (C=O) groups excluding carboxylic acids is 3. The third-order valence-corrected chi connectivity index (χ3v) is 11.8. The van der Waals surface area contributed by atoms with E-state index in [1.165, 1.54) is 0 Å². The zero-order valence-corrected chi connectivity index (χ0v) is 27.1. The Balaban J connectivity index is 1.29. The average Bonchev–Trinajstić information content (AvgIpc) is 3.92. The maximum atomic E-state index is 14.2. The highest BCUT2D eigenvalue weighted by molar-refractivity contribution is 7.90. The van der Waals surface area contributed by atoms with Gasteiger partial charge in [-0.15, -0.1) is 0 Å². The van der Waals surface area contributed by atoms with Gasteiger partial charge in [0.1, 0.15) is 17.6 Å². The molecule has 1 aliphatic heterocycles. The number of aryl methyl sites for hydroxylation is 1. The molecule has 0 saturated heterocycles. The summed E-state index contributed by atoms with van der Waals surface area (Å²) in [6.45, 7) is 4.90. The lowest BCUT2D eigenvalue weighted by atomic mass is 9.84. The number of para-hydroxylation sites is 1. The molecule has 3 fully saturated rings. The van der Waals surface area contributed by atoms with Crippen LogP contribution in [0.2, 0.25) is 0 Å². The van der Waals surface area contributed by atoms with Crippen molar-refractivity contribution in [2.24, 2.45) is 23.2 Å². The van der Waals surface area contributed by atoms with E-state index in [-0.39, 0.29) is 24.0 Å². The van der Waals surface area contributed by atoms with E-state index in [9.17, 15) is 22.8 Å². The number of hydrogen-bond acceptors (Lipinski definition) is 8. The number of Topliss-reactive ketones (excluding diaryl/α,β-unsaturated/α-hetero) is 1. The molecular formula is C34H43N3O7S. The van der Waals surface area contributed by atoms with Crippen LogP contribution in [0.25, 0.3) is 10.9 Å². The average molecular weight is 638 g/mol. The van der Waals surface area contributed by atoms with Gasteiger partial charge in [0.25, 0.3) is 0 Å². The summed E-state index contributed by atoms with van der Waals surface area (Å²) < 4.78 is 40.0. The molecule has 0 spiro atoms. The van der Waals surface area contributed by atoms with Gasteiger partial charge in [0, 0.05) is 37.4 Å². The maximum absolute atomic E-state index is 14.2. The second kappa shape index (κ2) is 12.4. The normalized spacial score (nSPS) is 29.8. The van der Waals surface area contributed by atoms with Crippen LogP contribution in [0.4, 0.5) is 0 Å². The fourth-order valence-electron chi connectivity index (χ4n) is 7.08. The van der Waals surface area contributed by atoms with Crippen molar-refractivity contribution in [1.29, 1.82) is 0 Å². The summed E-state index contributed by atoms with van der Waals surface area (Å²) in [5, 5.41) is 0.285. The topological polar surface area (TPSA) is 132 Å². The molecule has 1 N–H and O–H groups in total. The molecule has 2 heterocycles. The standard InChI is InChI=1S/C34H43N3O7S/c1-4-43-30-18-29(25-12-9-10-21(2)31(25)35-30)44-23-16-26-27(17-23)32(39)37(3)15-8-6-5-7-11-22-19-34(22,20-28(26)38)33(40)36-45(41,42)24-13-14-24/h7,9-12,18,22-24,26-27H,4-6,8,13-17,19-20H2,1-3H3,(H,36,40)/b11-7-/t22-,23-,26-,27-,34-/m1/s1. The Kier molecular flexibility index (Phi) is 8.67. The second-order valence-corrected chi connectivity index (χ2v) is 15.2. The lowest BCUT2D eigenvalue weighted by Crippen LogP contribution is -2.42. The minimum atomic E-state index is -3.76. The van der Waals surface area contributed by atoms with Crippen molar-refractivity contribution in [3.05, 3.63) is 42.0 Å². The molecule has 3 saturated carbocycles. The lowest BCUT2D eigenvalue weighted by Gasteiger charge is -2.26. The molecule has 5 atom stereocenters. The van der Waals surface area contributed by atoms with Gasteiger partial charge in [0.15, 0.2) is 0 Å². The summed E-state index contributed by atoms with van der Waals surface area (Å²) in [5.74, 6) is -1.32. The second-order valence-electron chi connectivity index (χ2n) is 13.3. The highest BCUT2D eigenvalue weighted by Crippen LogP contribution is 2.58. The number of carbonyl (C=O) groups is 3. The first-order valence-electron chi connectivity index (χ1n) is 16.2. The third kappa shape index (κ3) is 6.46. The van der Waals surface area contributed by atoms with Gasteiger partial charge < -0.3 is 14.4 Å². The third-order valence-electron chi connectivity index (χ3n) is 9.95. The summed E-state index contributed by atoms with van der Waals surface area (Å²) in [6.07, 6.45) is 8.12. The smallest absolute Gasteiger partial charge is 0.240 e. The van der Waals surface area contributed by atoms with Crippen molar-refractivity contribution in [2.75, 3.05) is 20.2 Å². The number of aromatic nitrogens is 1. The molecule has 1 aromatic carbocycles. The van der Waals surface area contributed by atoms with Gasteiger partial charge in [-0.3, -0.25) is 19.1 Å². The largest absolute Gasteiger partial charge is 0.489 e. The molecule has 0 radical (unpaired) electrons. The number of rotatable bonds is 7. The number of allylic oxidation sites excluding steroid dienone is 2. The van der Waals surface area contributed by atoms with E-state index < -0.39 is 44.5 Å². The van der Waals surface area contributed by atoms with E-state index in [1.54, 1.807) is 18.0 Å². The van der Waals surface area contributed by atoms with Crippen molar-refractivity contribution in [3.63, 3.8) is 0 Å². The van der Waals surface area contributed by atoms with Crippen molar-refractivity contribution < 1.29 is 32.3 Å². The molecule has 3 aliphatic carbocycles. The van der Waals surface area contributed by atoms with Crippen LogP contribution in [0.3, 0.4) is 0 Å². The fraction of sp³-hybridized carbons (Fsp3) is 0.588. The van der Waals surface area contributed by atoms with Crippen molar-refractivity contribution >= 4 is 38.5 Å². The Bertz CT molecular complexity index is 1640. The minimum Gasteiger partial charge on any atom is -0.489 e. The molecule has 11 heteroatoms. The van der Waals surface area contributed by atoms with Crippen LogP contribution in [-0.2, 0) is 24.4 Å². The molecule has 1 aromatic heterocycles. The summed E-state index contributed by atoms with van der Waals surface area (Å²) in [4.78, 5) is 47.9. The highest BCUT2D eigenvalue weighted by atomic mass is 32.2. The van der Waals surface area contributed by atoms with Gasteiger partial charge in [-0.25, -0.2) is 13.4 Å². The summed E-state index contributed by atoms with van der Waals surface area (Å²) in [6, 6.07) is 7.62. The van der Waals surface area contributed by atoms with Crippen LogP contribution in [0, 0.1) is 30.1 Å². The van der Waals surface area contributed by atoms with E-state index in [0.717, 1.165) is 35.7 Å². The van der Waals surface area contributed by atoms with Crippen LogP contribution in [0.15, 0.2) is 36.4 Å². The molecule has 4 aliphatic rings. The van der Waals surface area contributed by atoms with Gasteiger partial charge in [0.05, 0.1) is 28.7 Å². The summed E-state index contributed by atoms with van der Waals surface area (Å²) in [5.41, 5.74) is 0.623. The van der Waals surface area contributed by atoms with Crippen molar-refractivity contribution in [2.45, 2.75) is 83.0 Å². The highest BCUT2D eigenvalue weighted by Gasteiger charge is 2.61. The number of benzene rings is 1. The molecule has 2 amide bonds. The zero-order chi connectivity index (χ0) is 31.9. The number of pyridine rings is 1. The number of amides is 2. The number of nitrogens with zero attached hydrogens (tertiary/aromatic N) is 2. The Morgan fingerprint density at radius 1 is 1.16 bits per heavy atom. The molecule has 2 aromatic rings. The Labute approximate surface area is 265 Å². The Hall–Kier alpha value is -3.47. The van der Waals surface area contributed by atoms with Crippen LogP contribution in [0.1, 0.15) is 70.3 Å². The summed E-state index contributed by atoms with van der Waals surface area (Å²) >= 11 is 0. The maximum Gasteiger partial charge on any atom is 0.240 e. The quantitative estimate of drug-likeness (QED) is 0.440. The molecule has 10 nitrogen and oxygen atoms in total. The van der Waals surface area contributed by atoms with Crippen molar-refractivity contribution in [3.8, 4) is 11.6 Å². The first-order valence-corrected chi connectivity index (χ1v) is 17.8. The Morgan fingerprint density at radius 3 is 2.69 bits per heavy atom. The summed E-state index contributed by atoms with van der Waals surface area (Å²) in [7, 11) is -1.98. The predicted molar refractivity (Wildman–Crippen MR) is 169 cm³/mol.